The number of H-pyrrole nitrogens is 1. The third kappa shape index (κ3) is 1.92. The van der Waals surface area contributed by atoms with Crippen molar-refractivity contribution in [3.63, 3.8) is 0 Å². The molecule has 0 radical (unpaired) electrons. The van der Waals surface area contributed by atoms with Gasteiger partial charge >= 0.3 is 0 Å². The molecule has 0 amide bonds. The van der Waals surface area contributed by atoms with Crippen LogP contribution >= 0.6 is 0 Å². The Morgan fingerprint density at radius 1 is 1.18 bits per heavy atom. The third-order valence-electron chi connectivity index (χ3n) is 2.47. The SMILES string of the molecule is C(=Nc1cccc2cccnc12)c1cnc[nH]1. The van der Waals surface area contributed by atoms with Crippen molar-refractivity contribution in [2.45, 2.75) is 0 Å². The Balaban J connectivity index is 2.06. The van der Waals surface area contributed by atoms with Gasteiger partial charge in [0.25, 0.3) is 0 Å². The molecule has 0 fully saturated rings. The highest BCUT2D eigenvalue weighted by molar-refractivity contribution is 5.91. The van der Waals surface area contributed by atoms with Crippen LogP contribution in [0.1, 0.15) is 5.69 Å². The number of fused-ring (bicyclic) bond motifs is 1. The number of imidazole rings is 1. The molecule has 0 atom stereocenters. The summed E-state index contributed by atoms with van der Waals surface area (Å²) in [5.74, 6) is 0. The van der Waals surface area contributed by atoms with Gasteiger partial charge in [-0.05, 0) is 12.1 Å². The van der Waals surface area contributed by atoms with Gasteiger partial charge in [0, 0.05) is 11.6 Å². The summed E-state index contributed by atoms with van der Waals surface area (Å²) in [6, 6.07) is 9.89. The number of aromatic amines is 1. The van der Waals surface area contributed by atoms with E-state index in [0.717, 1.165) is 22.3 Å². The third-order valence-corrected chi connectivity index (χ3v) is 2.47. The highest BCUT2D eigenvalue weighted by atomic mass is 14.9. The molecule has 0 aliphatic heterocycles. The summed E-state index contributed by atoms with van der Waals surface area (Å²) < 4.78 is 0. The van der Waals surface area contributed by atoms with E-state index < -0.39 is 0 Å². The molecule has 2 heterocycles. The number of nitrogens with zero attached hydrogens (tertiary/aromatic N) is 3. The predicted octanol–water partition coefficient (Wildman–Crippen LogP) is 2.71. The fourth-order valence-corrected chi connectivity index (χ4v) is 1.67. The van der Waals surface area contributed by atoms with Gasteiger partial charge in [0.2, 0.25) is 0 Å². The first-order chi connectivity index (χ1) is 8.43. The summed E-state index contributed by atoms with van der Waals surface area (Å²) in [5.41, 5.74) is 2.64. The molecule has 17 heavy (non-hydrogen) atoms. The molecule has 3 rings (SSSR count). The van der Waals surface area contributed by atoms with E-state index >= 15 is 0 Å². The second kappa shape index (κ2) is 4.17. The first-order valence-corrected chi connectivity index (χ1v) is 5.30. The van der Waals surface area contributed by atoms with Crippen LogP contribution in [0.5, 0.6) is 0 Å². The minimum absolute atomic E-state index is 0.859. The zero-order valence-corrected chi connectivity index (χ0v) is 9.04. The Bertz CT molecular complexity index is 651. The van der Waals surface area contributed by atoms with Gasteiger partial charge in [0.1, 0.15) is 0 Å². The second-order valence-electron chi connectivity index (χ2n) is 3.62. The van der Waals surface area contributed by atoms with E-state index in [4.69, 9.17) is 0 Å². The van der Waals surface area contributed by atoms with E-state index in [-0.39, 0.29) is 0 Å². The fourth-order valence-electron chi connectivity index (χ4n) is 1.67. The van der Waals surface area contributed by atoms with Gasteiger partial charge in [-0.25, -0.2) is 4.98 Å². The highest BCUT2D eigenvalue weighted by Gasteiger charge is 1.98. The van der Waals surface area contributed by atoms with Gasteiger partial charge in [0.05, 0.1) is 35.6 Å². The van der Waals surface area contributed by atoms with Gasteiger partial charge in [0.15, 0.2) is 0 Å². The Morgan fingerprint density at radius 2 is 2.12 bits per heavy atom. The quantitative estimate of drug-likeness (QED) is 0.678. The molecule has 0 aliphatic rings. The molecule has 0 spiro atoms. The van der Waals surface area contributed by atoms with E-state index in [1.807, 2.05) is 30.3 Å². The molecular weight excluding hydrogens is 212 g/mol. The molecule has 0 saturated heterocycles. The molecule has 0 saturated carbocycles. The van der Waals surface area contributed by atoms with E-state index in [1.54, 1.807) is 24.9 Å². The largest absolute Gasteiger partial charge is 0.344 e. The van der Waals surface area contributed by atoms with E-state index in [0.29, 0.717) is 0 Å². The maximum atomic E-state index is 4.42. The van der Waals surface area contributed by atoms with E-state index in [1.165, 1.54) is 0 Å². The summed E-state index contributed by atoms with van der Waals surface area (Å²) in [5, 5.41) is 1.09. The highest BCUT2D eigenvalue weighted by Crippen LogP contribution is 2.22. The van der Waals surface area contributed by atoms with Gasteiger partial charge in [-0.3, -0.25) is 9.98 Å². The van der Waals surface area contributed by atoms with Crippen molar-refractivity contribution < 1.29 is 0 Å². The van der Waals surface area contributed by atoms with Crippen molar-refractivity contribution >= 4 is 22.8 Å². The van der Waals surface area contributed by atoms with Crippen molar-refractivity contribution in [3.8, 4) is 0 Å². The lowest BCUT2D eigenvalue weighted by Gasteiger charge is -1.99. The van der Waals surface area contributed by atoms with Crippen LogP contribution in [0.4, 0.5) is 5.69 Å². The molecule has 4 heteroatoms. The molecule has 82 valence electrons. The Morgan fingerprint density at radius 3 is 3.00 bits per heavy atom. The van der Waals surface area contributed by atoms with Crippen LogP contribution < -0.4 is 0 Å². The standard InChI is InChI=1S/C13H10N4/c1-3-10-4-2-6-15-13(10)12(5-1)16-8-11-7-14-9-17-11/h1-9H,(H,14,17). The molecule has 0 aliphatic carbocycles. The van der Waals surface area contributed by atoms with Crippen molar-refractivity contribution in [1.82, 2.24) is 15.0 Å². The lowest BCUT2D eigenvalue weighted by molar-refractivity contribution is 1.31. The van der Waals surface area contributed by atoms with Gasteiger partial charge in [-0.1, -0.05) is 18.2 Å². The van der Waals surface area contributed by atoms with Gasteiger partial charge in [-0.15, -0.1) is 0 Å². The zero-order chi connectivity index (χ0) is 11.5. The molecule has 1 N–H and O–H groups in total. The average Bonchev–Trinajstić information content (AvgIpc) is 2.89. The molecule has 1 aromatic carbocycles. The molecule has 0 unspecified atom stereocenters. The number of rotatable bonds is 2. The van der Waals surface area contributed by atoms with Crippen LogP contribution in [0.2, 0.25) is 0 Å². The Hall–Kier alpha value is -2.49. The number of aromatic nitrogens is 3. The molecule has 0 bridgehead atoms. The lowest BCUT2D eigenvalue weighted by Crippen LogP contribution is -1.81. The molecule has 4 nitrogen and oxygen atoms in total. The fraction of sp³-hybridized carbons (Fsp3) is 0. The zero-order valence-electron chi connectivity index (χ0n) is 9.04. The normalized spacial score (nSPS) is 11.3. The van der Waals surface area contributed by atoms with Gasteiger partial charge in [-0.2, -0.15) is 0 Å². The van der Waals surface area contributed by atoms with Crippen LogP contribution in [-0.4, -0.2) is 21.2 Å². The number of para-hydroxylation sites is 1. The van der Waals surface area contributed by atoms with Crippen LogP contribution in [0.15, 0.2) is 54.0 Å². The topological polar surface area (TPSA) is 53.9 Å². The summed E-state index contributed by atoms with van der Waals surface area (Å²) in [6.07, 6.45) is 6.87. The van der Waals surface area contributed by atoms with Gasteiger partial charge < -0.3 is 4.98 Å². The minimum Gasteiger partial charge on any atom is -0.344 e. The first kappa shape index (κ1) is 9.72. The molecule has 2 aromatic heterocycles. The summed E-state index contributed by atoms with van der Waals surface area (Å²) >= 11 is 0. The van der Waals surface area contributed by atoms with Crippen LogP contribution in [0, 0.1) is 0 Å². The minimum atomic E-state index is 0.859. The molecular formula is C13H10N4. The van der Waals surface area contributed by atoms with Crippen molar-refractivity contribution in [2.75, 3.05) is 0 Å². The predicted molar refractivity (Wildman–Crippen MR) is 67.6 cm³/mol. The number of pyridine rings is 1. The van der Waals surface area contributed by atoms with Crippen LogP contribution in [-0.2, 0) is 0 Å². The lowest BCUT2D eigenvalue weighted by atomic mass is 10.2. The molecule has 3 aromatic rings. The van der Waals surface area contributed by atoms with Crippen molar-refractivity contribution in [1.29, 1.82) is 0 Å². The second-order valence-corrected chi connectivity index (χ2v) is 3.62. The average molecular weight is 222 g/mol. The van der Waals surface area contributed by atoms with Crippen LogP contribution in [0.25, 0.3) is 10.9 Å². The monoisotopic (exact) mass is 222 g/mol. The maximum absolute atomic E-state index is 4.42. The number of hydrogen-bond donors (Lipinski definition) is 1. The Kier molecular flexibility index (Phi) is 2.38. The number of hydrogen-bond acceptors (Lipinski definition) is 3. The summed E-state index contributed by atoms with van der Waals surface area (Å²) in [4.78, 5) is 15.7. The first-order valence-electron chi connectivity index (χ1n) is 5.30. The number of aliphatic imine (C=N–C) groups is 1. The smallest absolute Gasteiger partial charge is 0.0958 e. The number of nitrogens with one attached hydrogen (secondary N) is 1. The van der Waals surface area contributed by atoms with E-state index in [2.05, 4.69) is 19.9 Å². The summed E-state index contributed by atoms with van der Waals surface area (Å²) in [6.45, 7) is 0. The Labute approximate surface area is 98.1 Å². The van der Waals surface area contributed by atoms with Crippen molar-refractivity contribution in [3.05, 3.63) is 54.7 Å². The summed E-state index contributed by atoms with van der Waals surface area (Å²) in [7, 11) is 0. The number of benzene rings is 1. The van der Waals surface area contributed by atoms with Crippen molar-refractivity contribution in [2.24, 2.45) is 4.99 Å². The van der Waals surface area contributed by atoms with Crippen LogP contribution in [0.3, 0.4) is 0 Å². The van der Waals surface area contributed by atoms with E-state index in [9.17, 15) is 0 Å². The maximum Gasteiger partial charge on any atom is 0.0958 e.